The summed E-state index contributed by atoms with van der Waals surface area (Å²) in [5.74, 6) is 3.00. The van der Waals surface area contributed by atoms with Gasteiger partial charge in [0.15, 0.2) is 11.8 Å². The smallest absolute Gasteiger partial charge is 0.257 e. The fraction of sp³-hybridized carbons (Fsp3) is 0.350. The number of furan rings is 1. The topological polar surface area (TPSA) is 88.5 Å². The molecule has 8 heteroatoms. The molecule has 0 amide bonds. The van der Waals surface area contributed by atoms with E-state index in [1.165, 1.54) is 0 Å². The van der Waals surface area contributed by atoms with Crippen LogP contribution in [-0.2, 0) is 19.4 Å². The highest BCUT2D eigenvalue weighted by Crippen LogP contribution is 2.19. The second kappa shape index (κ2) is 11.5. The van der Waals surface area contributed by atoms with Crippen molar-refractivity contribution in [3.63, 3.8) is 0 Å². The van der Waals surface area contributed by atoms with Crippen LogP contribution in [0.4, 0.5) is 0 Å². The number of aryl methyl sites for hydroxylation is 1. The highest BCUT2D eigenvalue weighted by atomic mass is 127. The Hall–Kier alpha value is -2.36. The van der Waals surface area contributed by atoms with Gasteiger partial charge < -0.3 is 19.6 Å². The Morgan fingerprint density at radius 1 is 1.14 bits per heavy atom. The van der Waals surface area contributed by atoms with E-state index in [2.05, 4.69) is 38.8 Å². The van der Waals surface area contributed by atoms with Crippen LogP contribution in [0.15, 0.2) is 56.6 Å². The molecule has 0 aliphatic rings. The average Bonchev–Trinajstić information content (AvgIpc) is 3.37. The minimum absolute atomic E-state index is 0. The number of halogens is 1. The summed E-state index contributed by atoms with van der Waals surface area (Å²) >= 11 is 0. The molecule has 7 nitrogen and oxygen atoms in total. The van der Waals surface area contributed by atoms with Crippen LogP contribution in [0.3, 0.4) is 0 Å². The summed E-state index contributed by atoms with van der Waals surface area (Å²) in [6, 6.07) is 11.9. The van der Waals surface area contributed by atoms with Gasteiger partial charge >= 0.3 is 0 Å². The van der Waals surface area contributed by atoms with Crippen molar-refractivity contribution in [2.45, 2.75) is 32.7 Å². The minimum Gasteiger partial charge on any atom is -0.469 e. The maximum absolute atomic E-state index is 5.37. The van der Waals surface area contributed by atoms with E-state index in [0.717, 1.165) is 54.5 Å². The zero-order chi connectivity index (χ0) is 18.9. The molecule has 0 bridgehead atoms. The monoisotopic (exact) mass is 495 g/mol. The molecule has 28 heavy (non-hydrogen) atoms. The molecule has 1 aromatic carbocycles. The molecule has 0 atom stereocenters. The third kappa shape index (κ3) is 6.36. The molecule has 0 radical (unpaired) electrons. The van der Waals surface area contributed by atoms with Crippen LogP contribution < -0.4 is 10.6 Å². The van der Waals surface area contributed by atoms with Crippen molar-refractivity contribution in [3.05, 3.63) is 59.8 Å². The Morgan fingerprint density at radius 2 is 2.04 bits per heavy atom. The average molecular weight is 495 g/mol. The summed E-state index contributed by atoms with van der Waals surface area (Å²) in [7, 11) is 1.76. The normalized spacial score (nSPS) is 11.1. The molecule has 3 aromatic rings. The zero-order valence-corrected chi connectivity index (χ0v) is 18.5. The van der Waals surface area contributed by atoms with Crippen LogP contribution in [0, 0.1) is 0 Å². The van der Waals surface area contributed by atoms with E-state index in [0.29, 0.717) is 12.4 Å². The quantitative estimate of drug-likeness (QED) is 0.281. The third-order valence-corrected chi connectivity index (χ3v) is 4.04. The predicted molar refractivity (Wildman–Crippen MR) is 120 cm³/mol. The van der Waals surface area contributed by atoms with Gasteiger partial charge in [-0.3, -0.25) is 4.99 Å². The lowest BCUT2D eigenvalue weighted by Crippen LogP contribution is -2.37. The number of nitrogens with one attached hydrogen (secondary N) is 2. The summed E-state index contributed by atoms with van der Waals surface area (Å²) < 4.78 is 10.7. The summed E-state index contributed by atoms with van der Waals surface area (Å²) in [6.45, 7) is 3.48. The van der Waals surface area contributed by atoms with Gasteiger partial charge in [-0.1, -0.05) is 24.2 Å². The second-order valence-corrected chi connectivity index (χ2v) is 6.15. The fourth-order valence-electron chi connectivity index (χ4n) is 2.68. The summed E-state index contributed by atoms with van der Waals surface area (Å²) in [4.78, 5) is 8.69. The lowest BCUT2D eigenvalue weighted by atomic mass is 10.1. The van der Waals surface area contributed by atoms with Crippen LogP contribution in [-0.4, -0.2) is 29.7 Å². The van der Waals surface area contributed by atoms with Crippen molar-refractivity contribution in [3.8, 4) is 11.5 Å². The number of hydrogen-bond acceptors (Lipinski definition) is 5. The van der Waals surface area contributed by atoms with Gasteiger partial charge in [0.25, 0.3) is 5.89 Å². The summed E-state index contributed by atoms with van der Waals surface area (Å²) in [6.07, 6.45) is 4.31. The number of guanidine groups is 1. The van der Waals surface area contributed by atoms with Crippen LogP contribution in [0.5, 0.6) is 0 Å². The van der Waals surface area contributed by atoms with E-state index in [1.807, 2.05) is 30.3 Å². The molecule has 150 valence electrons. The maximum Gasteiger partial charge on any atom is 0.257 e. The molecule has 0 aliphatic heterocycles. The first kappa shape index (κ1) is 21.9. The summed E-state index contributed by atoms with van der Waals surface area (Å²) in [5.41, 5.74) is 2.03. The lowest BCUT2D eigenvalue weighted by Gasteiger charge is -2.11. The highest BCUT2D eigenvalue weighted by molar-refractivity contribution is 14.0. The number of aliphatic imine (C=N–C) groups is 1. The number of nitrogens with zero attached hydrogens (tertiary/aromatic N) is 3. The maximum atomic E-state index is 5.37. The molecular weight excluding hydrogens is 469 g/mol. The first-order chi connectivity index (χ1) is 13.3. The van der Waals surface area contributed by atoms with Gasteiger partial charge in [-0.2, -0.15) is 4.98 Å². The first-order valence-electron chi connectivity index (χ1n) is 9.17. The van der Waals surface area contributed by atoms with E-state index < -0.39 is 0 Å². The van der Waals surface area contributed by atoms with E-state index in [4.69, 9.17) is 8.94 Å². The van der Waals surface area contributed by atoms with Crippen LogP contribution in [0.2, 0.25) is 0 Å². The molecule has 0 fully saturated rings. The van der Waals surface area contributed by atoms with Gasteiger partial charge in [-0.25, -0.2) is 0 Å². The third-order valence-electron chi connectivity index (χ3n) is 4.04. The van der Waals surface area contributed by atoms with Crippen LogP contribution in [0.25, 0.3) is 11.5 Å². The standard InChI is InChI=1S/C20H25N5O2.HI/c1-3-6-18-24-19(27-25-18)16-8-4-7-15(13-16)14-23-20(21-2)22-11-10-17-9-5-12-26-17;/h4-5,7-9,12-13H,3,6,10-11,14H2,1-2H3,(H2,21,22,23);1H. The largest absolute Gasteiger partial charge is 0.469 e. The van der Waals surface area contributed by atoms with Gasteiger partial charge in [-0.15, -0.1) is 24.0 Å². The molecule has 0 spiro atoms. The predicted octanol–water partition coefficient (Wildman–Crippen LogP) is 3.81. The Bertz CT molecular complexity index is 861. The van der Waals surface area contributed by atoms with Gasteiger partial charge in [0.05, 0.1) is 6.26 Å². The van der Waals surface area contributed by atoms with Crippen molar-refractivity contribution in [2.24, 2.45) is 4.99 Å². The van der Waals surface area contributed by atoms with Crippen LogP contribution >= 0.6 is 24.0 Å². The molecule has 0 saturated heterocycles. The molecule has 0 aliphatic carbocycles. The van der Waals surface area contributed by atoms with Crippen molar-refractivity contribution in [1.29, 1.82) is 0 Å². The Morgan fingerprint density at radius 3 is 2.79 bits per heavy atom. The second-order valence-electron chi connectivity index (χ2n) is 6.15. The SMILES string of the molecule is CCCc1noc(-c2cccc(CNC(=NC)NCCc3ccco3)c2)n1.I. The summed E-state index contributed by atoms with van der Waals surface area (Å²) in [5, 5.41) is 10.6. The van der Waals surface area contributed by atoms with Gasteiger partial charge in [0.2, 0.25) is 0 Å². The molecule has 0 unspecified atom stereocenters. The van der Waals surface area contributed by atoms with E-state index in [9.17, 15) is 0 Å². The van der Waals surface area contributed by atoms with Gasteiger partial charge in [-0.05, 0) is 36.2 Å². The first-order valence-corrected chi connectivity index (χ1v) is 9.17. The van der Waals surface area contributed by atoms with Crippen LogP contribution in [0.1, 0.15) is 30.5 Å². The fourth-order valence-corrected chi connectivity index (χ4v) is 2.68. The molecule has 2 aromatic heterocycles. The number of aromatic nitrogens is 2. The van der Waals surface area contributed by atoms with Gasteiger partial charge in [0.1, 0.15) is 5.76 Å². The highest BCUT2D eigenvalue weighted by Gasteiger charge is 2.09. The molecular formula is C20H26IN5O2. The number of benzene rings is 1. The van der Waals surface area contributed by atoms with Crippen molar-refractivity contribution in [2.75, 3.05) is 13.6 Å². The van der Waals surface area contributed by atoms with Crippen molar-refractivity contribution in [1.82, 2.24) is 20.8 Å². The van der Waals surface area contributed by atoms with E-state index >= 15 is 0 Å². The van der Waals surface area contributed by atoms with E-state index in [-0.39, 0.29) is 24.0 Å². The van der Waals surface area contributed by atoms with Gasteiger partial charge in [0, 0.05) is 38.5 Å². The lowest BCUT2D eigenvalue weighted by molar-refractivity contribution is 0.422. The Labute approximate surface area is 182 Å². The van der Waals surface area contributed by atoms with Crippen molar-refractivity contribution >= 4 is 29.9 Å². The minimum atomic E-state index is 0. The molecule has 0 saturated carbocycles. The zero-order valence-electron chi connectivity index (χ0n) is 16.1. The molecule has 3 rings (SSSR count). The molecule has 2 heterocycles. The van der Waals surface area contributed by atoms with E-state index in [1.54, 1.807) is 13.3 Å². The Balaban J connectivity index is 0.00000280. The number of rotatable bonds is 8. The Kier molecular flexibility index (Phi) is 8.99. The van der Waals surface area contributed by atoms with Crippen molar-refractivity contribution < 1.29 is 8.94 Å². The molecule has 2 N–H and O–H groups in total. The number of hydrogen-bond donors (Lipinski definition) is 2.